The van der Waals surface area contributed by atoms with Crippen LogP contribution in [0.4, 0.5) is 0 Å². The van der Waals surface area contributed by atoms with Gasteiger partial charge in [-0.2, -0.15) is 5.10 Å². The maximum absolute atomic E-state index is 11.8. The largest absolute Gasteiger partial charge is 0.480 e. The van der Waals surface area contributed by atoms with Gasteiger partial charge >= 0.3 is 5.97 Å². The van der Waals surface area contributed by atoms with Gasteiger partial charge in [-0.05, 0) is 24.6 Å². The van der Waals surface area contributed by atoms with Crippen molar-refractivity contribution in [1.82, 2.24) is 9.78 Å². The number of hydrogen-bond acceptors (Lipinski definition) is 5. The summed E-state index contributed by atoms with van der Waals surface area (Å²) in [6.45, 7) is 3.64. The molecule has 0 unspecified atom stereocenters. The number of fused-ring (bicyclic) bond motifs is 1. The smallest absolute Gasteiger partial charge is 0.325 e. The van der Waals surface area contributed by atoms with E-state index in [1.165, 1.54) is 17.8 Å². The first kappa shape index (κ1) is 16.4. The molecule has 1 aromatic heterocycles. The van der Waals surface area contributed by atoms with Gasteiger partial charge in [0.15, 0.2) is 5.78 Å². The zero-order chi connectivity index (χ0) is 17.0. The normalized spacial score (nSPS) is 12.2. The molecule has 7 heteroatoms. The second-order valence-corrected chi connectivity index (χ2v) is 4.94. The van der Waals surface area contributed by atoms with Gasteiger partial charge in [0.1, 0.15) is 12.2 Å². The van der Waals surface area contributed by atoms with E-state index in [0.29, 0.717) is 23.0 Å². The lowest BCUT2D eigenvalue weighted by molar-refractivity contribution is -0.137. The molecule has 0 aliphatic rings. The van der Waals surface area contributed by atoms with Crippen molar-refractivity contribution < 1.29 is 14.7 Å². The van der Waals surface area contributed by atoms with Gasteiger partial charge in [0, 0.05) is 36.8 Å². The van der Waals surface area contributed by atoms with E-state index in [2.05, 4.69) is 10.1 Å². The van der Waals surface area contributed by atoms with Crippen LogP contribution in [0.15, 0.2) is 29.4 Å². The lowest BCUT2D eigenvalue weighted by Gasteiger charge is -2.03. The molecule has 0 aliphatic carbocycles. The number of allylic oxidation sites excluding steroid dienone is 1. The van der Waals surface area contributed by atoms with Gasteiger partial charge in [0.25, 0.3) is 0 Å². The fraction of sp³-hybridized carbons (Fsp3) is 0.250. The van der Waals surface area contributed by atoms with E-state index in [0.717, 1.165) is 5.56 Å². The van der Waals surface area contributed by atoms with Crippen LogP contribution in [0.2, 0.25) is 0 Å². The lowest BCUT2D eigenvalue weighted by atomic mass is 10.0. The van der Waals surface area contributed by atoms with Crippen LogP contribution in [0.5, 0.6) is 0 Å². The number of aromatic nitrogens is 2. The van der Waals surface area contributed by atoms with Gasteiger partial charge in [-0.1, -0.05) is 6.07 Å². The van der Waals surface area contributed by atoms with Crippen LogP contribution in [-0.2, 0) is 11.3 Å². The summed E-state index contributed by atoms with van der Waals surface area (Å²) < 4.78 is 1.31. The zero-order valence-corrected chi connectivity index (χ0v) is 13.0. The summed E-state index contributed by atoms with van der Waals surface area (Å²) in [4.78, 5) is 26.9. The number of nitrogens with two attached hydrogens (primary N) is 1. The molecule has 0 spiro atoms. The summed E-state index contributed by atoms with van der Waals surface area (Å²) in [5.41, 5.74) is 7.97. The third kappa shape index (κ3) is 3.45. The molecule has 1 heterocycles. The molecule has 0 fully saturated rings. The summed E-state index contributed by atoms with van der Waals surface area (Å²) >= 11 is 0. The predicted octanol–water partition coefficient (Wildman–Crippen LogP) is 1.71. The Labute approximate surface area is 133 Å². The molecule has 0 bridgehead atoms. The van der Waals surface area contributed by atoms with Crippen molar-refractivity contribution in [3.63, 3.8) is 0 Å². The Bertz CT molecular complexity index is 818. The van der Waals surface area contributed by atoms with E-state index in [1.54, 1.807) is 24.4 Å². The second kappa shape index (κ2) is 6.87. The third-order valence-electron chi connectivity index (χ3n) is 3.29. The Morgan fingerprint density at radius 1 is 1.43 bits per heavy atom. The highest BCUT2D eigenvalue weighted by Gasteiger charge is 2.16. The first-order chi connectivity index (χ1) is 11.0. The summed E-state index contributed by atoms with van der Waals surface area (Å²) in [5.74, 6) is -1.25. The molecule has 2 rings (SSSR count). The van der Waals surface area contributed by atoms with Gasteiger partial charge in [0.05, 0.1) is 5.52 Å². The molecule has 1 aromatic carbocycles. The van der Waals surface area contributed by atoms with Crippen molar-refractivity contribution >= 4 is 34.4 Å². The highest BCUT2D eigenvalue weighted by atomic mass is 16.4. The number of carboxylic acid groups (broad SMARTS) is 1. The molecule has 120 valence electrons. The van der Waals surface area contributed by atoms with Gasteiger partial charge in [-0.25, -0.2) is 0 Å². The van der Waals surface area contributed by atoms with Crippen molar-refractivity contribution in [2.45, 2.75) is 20.4 Å². The van der Waals surface area contributed by atoms with Gasteiger partial charge < -0.3 is 10.8 Å². The Hall–Kier alpha value is -2.96. The highest BCUT2D eigenvalue weighted by molar-refractivity contribution is 6.12. The summed E-state index contributed by atoms with van der Waals surface area (Å²) in [5, 5.41) is 13.7. The van der Waals surface area contributed by atoms with Gasteiger partial charge in [-0.15, -0.1) is 0 Å². The number of benzene rings is 1. The van der Waals surface area contributed by atoms with Crippen molar-refractivity contribution in [3.8, 4) is 0 Å². The molecule has 23 heavy (non-hydrogen) atoms. The van der Waals surface area contributed by atoms with Crippen LogP contribution in [-0.4, -0.2) is 39.4 Å². The topological polar surface area (TPSA) is 111 Å². The maximum atomic E-state index is 11.8. The van der Waals surface area contributed by atoms with E-state index < -0.39 is 5.97 Å². The molecule has 7 nitrogen and oxygen atoms in total. The molecule has 0 saturated heterocycles. The minimum Gasteiger partial charge on any atom is -0.480 e. The lowest BCUT2D eigenvalue weighted by Crippen LogP contribution is -2.10. The highest BCUT2D eigenvalue weighted by Crippen LogP contribution is 2.24. The van der Waals surface area contributed by atoms with Crippen LogP contribution < -0.4 is 5.73 Å². The Balaban J connectivity index is 2.62. The zero-order valence-electron chi connectivity index (χ0n) is 13.0. The molecule has 0 amide bonds. The second-order valence-electron chi connectivity index (χ2n) is 4.94. The van der Waals surface area contributed by atoms with Gasteiger partial charge in [0.2, 0.25) is 0 Å². The number of ketones is 1. The number of carbonyl (C=O) groups is 2. The van der Waals surface area contributed by atoms with E-state index in [4.69, 9.17) is 10.8 Å². The maximum Gasteiger partial charge on any atom is 0.325 e. The van der Waals surface area contributed by atoms with E-state index in [9.17, 15) is 9.59 Å². The van der Waals surface area contributed by atoms with Crippen molar-refractivity contribution in [2.24, 2.45) is 10.7 Å². The minimum absolute atomic E-state index is 0.225. The minimum atomic E-state index is -1.02. The molecule has 2 aromatic rings. The predicted molar refractivity (Wildman–Crippen MR) is 88.6 cm³/mol. The number of carboxylic acids is 1. The first-order valence-corrected chi connectivity index (χ1v) is 7.13. The summed E-state index contributed by atoms with van der Waals surface area (Å²) in [7, 11) is 0. The number of carbonyl (C=O) groups excluding carboxylic acids is 1. The number of rotatable bonds is 6. The SMILES string of the molecule is CC/N=C\C(=C/N)c1ccc2c(c1)c(C(C)=O)nn2CC(=O)O. The van der Waals surface area contributed by atoms with Crippen molar-refractivity contribution in [2.75, 3.05) is 6.54 Å². The standard InChI is InChI=1S/C16H18N4O3/c1-3-18-8-12(7-17)11-4-5-14-13(6-11)16(10(2)21)19-20(14)9-15(22)23/h4-8H,3,9,17H2,1-2H3,(H,22,23)/b12-7+,18-8-. The first-order valence-electron chi connectivity index (χ1n) is 7.13. The summed E-state index contributed by atoms with van der Waals surface area (Å²) in [6.07, 6.45) is 3.10. The molecular weight excluding hydrogens is 296 g/mol. The Morgan fingerprint density at radius 2 is 2.17 bits per heavy atom. The van der Waals surface area contributed by atoms with E-state index in [1.807, 2.05) is 6.92 Å². The van der Waals surface area contributed by atoms with Crippen molar-refractivity contribution in [1.29, 1.82) is 0 Å². The summed E-state index contributed by atoms with van der Waals surface area (Å²) in [6, 6.07) is 5.31. The van der Waals surface area contributed by atoms with Crippen molar-refractivity contribution in [3.05, 3.63) is 35.7 Å². The monoisotopic (exact) mass is 314 g/mol. The third-order valence-corrected chi connectivity index (χ3v) is 3.29. The van der Waals surface area contributed by atoms with Crippen LogP contribution >= 0.6 is 0 Å². The molecular formula is C16H18N4O3. The Morgan fingerprint density at radius 3 is 2.74 bits per heavy atom. The van der Waals surface area contributed by atoms with Crippen LogP contribution in [0.1, 0.15) is 29.9 Å². The van der Waals surface area contributed by atoms with Gasteiger partial charge in [-0.3, -0.25) is 19.3 Å². The number of aliphatic carboxylic acids is 1. The molecule has 0 radical (unpaired) electrons. The molecule has 3 N–H and O–H groups in total. The van der Waals surface area contributed by atoms with Crippen LogP contribution in [0.25, 0.3) is 16.5 Å². The number of Topliss-reactive ketones (excluding diaryl/α,β-unsaturated/α-hetero) is 1. The van der Waals surface area contributed by atoms with Crippen LogP contribution in [0, 0.1) is 0 Å². The Kier molecular flexibility index (Phi) is 4.90. The number of aliphatic imine (C=N–C) groups is 1. The quantitative estimate of drug-likeness (QED) is 0.623. The average molecular weight is 314 g/mol. The van der Waals surface area contributed by atoms with E-state index in [-0.39, 0.29) is 18.0 Å². The number of nitrogens with zero attached hydrogens (tertiary/aromatic N) is 3. The molecule has 0 saturated carbocycles. The fourth-order valence-electron chi connectivity index (χ4n) is 2.27. The number of hydrogen-bond donors (Lipinski definition) is 2. The van der Waals surface area contributed by atoms with Crippen LogP contribution in [0.3, 0.4) is 0 Å². The fourth-order valence-corrected chi connectivity index (χ4v) is 2.27. The van der Waals surface area contributed by atoms with E-state index >= 15 is 0 Å². The molecule has 0 atom stereocenters. The molecule has 0 aliphatic heterocycles. The average Bonchev–Trinajstić information content (AvgIpc) is 2.86.